The number of carbonyl (C=O) groups is 2. The zero-order valence-electron chi connectivity index (χ0n) is 21.2. The minimum absolute atomic E-state index is 0.0946. The number of likely N-dealkylation sites (tertiary alicyclic amines) is 1. The van der Waals surface area contributed by atoms with E-state index in [1.165, 1.54) is 23.1 Å². The summed E-state index contributed by atoms with van der Waals surface area (Å²) >= 11 is 3.00. The summed E-state index contributed by atoms with van der Waals surface area (Å²) in [7, 11) is 0. The third-order valence-electron chi connectivity index (χ3n) is 6.43. The lowest BCUT2D eigenvalue weighted by Crippen LogP contribution is -2.40. The van der Waals surface area contributed by atoms with Gasteiger partial charge in [0.1, 0.15) is 10.7 Å². The number of aryl methyl sites for hydroxylation is 1. The summed E-state index contributed by atoms with van der Waals surface area (Å²) in [6, 6.07) is 12.0. The molecule has 9 nitrogen and oxygen atoms in total. The van der Waals surface area contributed by atoms with E-state index in [9.17, 15) is 9.59 Å². The molecule has 0 radical (unpaired) electrons. The van der Waals surface area contributed by atoms with Crippen LogP contribution in [0.4, 0.5) is 0 Å². The highest BCUT2D eigenvalue weighted by atomic mass is 32.2. The number of esters is 1. The van der Waals surface area contributed by atoms with Gasteiger partial charge in [-0.1, -0.05) is 30.0 Å². The number of benzene rings is 1. The Morgan fingerprint density at radius 2 is 1.87 bits per heavy atom. The minimum atomic E-state index is -0.168. The van der Waals surface area contributed by atoms with Gasteiger partial charge >= 0.3 is 5.97 Å². The van der Waals surface area contributed by atoms with E-state index >= 15 is 0 Å². The Kier molecular flexibility index (Phi) is 8.14. The van der Waals surface area contributed by atoms with Crippen molar-refractivity contribution in [2.24, 2.45) is 5.92 Å². The molecule has 3 aromatic heterocycles. The summed E-state index contributed by atoms with van der Waals surface area (Å²) < 4.78 is 7.19. The molecule has 1 amide bonds. The molecular weight excluding hydrogens is 520 g/mol. The van der Waals surface area contributed by atoms with Gasteiger partial charge in [0.15, 0.2) is 11.0 Å². The van der Waals surface area contributed by atoms with Crippen LogP contribution in [0.5, 0.6) is 0 Å². The van der Waals surface area contributed by atoms with Crippen molar-refractivity contribution in [2.45, 2.75) is 37.6 Å². The number of hydrogen-bond donors (Lipinski definition) is 0. The van der Waals surface area contributed by atoms with Crippen LogP contribution in [0, 0.1) is 12.8 Å². The zero-order valence-corrected chi connectivity index (χ0v) is 22.9. The molecule has 0 atom stereocenters. The zero-order chi connectivity index (χ0) is 26.5. The third kappa shape index (κ3) is 5.63. The van der Waals surface area contributed by atoms with Crippen molar-refractivity contribution < 1.29 is 14.3 Å². The van der Waals surface area contributed by atoms with E-state index < -0.39 is 0 Å². The van der Waals surface area contributed by atoms with E-state index in [1.807, 2.05) is 29.6 Å². The first-order chi connectivity index (χ1) is 18.5. The fraction of sp³-hybridized carbons (Fsp3) is 0.333. The Bertz CT molecular complexity index is 1410. The number of pyridine rings is 1. The van der Waals surface area contributed by atoms with Crippen LogP contribution in [-0.2, 0) is 15.3 Å². The number of carbonyl (C=O) groups excluding carboxylic acids is 2. The van der Waals surface area contributed by atoms with Crippen LogP contribution < -0.4 is 0 Å². The summed E-state index contributed by atoms with van der Waals surface area (Å²) in [5.41, 5.74) is 3.49. The monoisotopic (exact) mass is 548 g/mol. The number of nitrogens with zero attached hydrogens (tertiary/aromatic N) is 6. The molecule has 38 heavy (non-hydrogen) atoms. The van der Waals surface area contributed by atoms with Gasteiger partial charge in [-0.05, 0) is 50.5 Å². The van der Waals surface area contributed by atoms with Gasteiger partial charge < -0.3 is 9.64 Å². The highest BCUT2D eigenvalue weighted by Gasteiger charge is 2.29. The number of ether oxygens (including phenoxy) is 1. The van der Waals surface area contributed by atoms with Crippen molar-refractivity contribution in [1.82, 2.24) is 29.6 Å². The average molecular weight is 549 g/mol. The van der Waals surface area contributed by atoms with Gasteiger partial charge in [0.05, 0.1) is 24.0 Å². The topological polar surface area (TPSA) is 103 Å². The number of amides is 1. The minimum Gasteiger partial charge on any atom is -0.466 e. The molecule has 5 rings (SSSR count). The number of hydrogen-bond acceptors (Lipinski definition) is 9. The van der Waals surface area contributed by atoms with Crippen LogP contribution >= 0.6 is 23.1 Å². The van der Waals surface area contributed by atoms with Gasteiger partial charge in [-0.2, -0.15) is 0 Å². The SMILES string of the molecule is CCOC(=O)C1CCN(C(=O)c2csc(CSc3nnc(-c4ccncc4)n3-c3ccccc3C)n2)CC1. The molecule has 4 heterocycles. The van der Waals surface area contributed by atoms with Crippen LogP contribution in [-0.4, -0.2) is 61.2 Å². The highest BCUT2D eigenvalue weighted by molar-refractivity contribution is 7.98. The van der Waals surface area contributed by atoms with Crippen molar-refractivity contribution in [3.05, 3.63) is 70.4 Å². The second-order valence-electron chi connectivity index (χ2n) is 8.90. The third-order valence-corrected chi connectivity index (χ3v) is 8.40. The second-order valence-corrected chi connectivity index (χ2v) is 10.8. The molecule has 0 N–H and O–H groups in total. The molecule has 0 unspecified atom stereocenters. The maximum Gasteiger partial charge on any atom is 0.309 e. The van der Waals surface area contributed by atoms with Gasteiger partial charge in [-0.25, -0.2) is 4.98 Å². The maximum absolute atomic E-state index is 13.0. The van der Waals surface area contributed by atoms with Crippen LogP contribution in [0.25, 0.3) is 17.1 Å². The molecule has 0 spiro atoms. The quantitative estimate of drug-likeness (QED) is 0.229. The Balaban J connectivity index is 1.29. The molecule has 1 aromatic carbocycles. The van der Waals surface area contributed by atoms with Crippen molar-refractivity contribution in [1.29, 1.82) is 0 Å². The molecule has 0 bridgehead atoms. The van der Waals surface area contributed by atoms with Crippen LogP contribution in [0.1, 0.15) is 40.8 Å². The number of thioether (sulfide) groups is 1. The first kappa shape index (κ1) is 26.1. The number of thiazole rings is 1. The van der Waals surface area contributed by atoms with Crippen LogP contribution in [0.15, 0.2) is 59.3 Å². The first-order valence-corrected chi connectivity index (χ1v) is 14.4. The lowest BCUT2D eigenvalue weighted by molar-refractivity contribution is -0.149. The van der Waals surface area contributed by atoms with Crippen molar-refractivity contribution in [3.63, 3.8) is 0 Å². The van der Waals surface area contributed by atoms with Gasteiger partial charge in [-0.15, -0.1) is 21.5 Å². The number of piperidine rings is 1. The molecule has 1 fully saturated rings. The Morgan fingerprint density at radius 3 is 2.61 bits per heavy atom. The fourth-order valence-corrected chi connectivity index (χ4v) is 6.16. The van der Waals surface area contributed by atoms with Crippen LogP contribution in [0.2, 0.25) is 0 Å². The number of rotatable bonds is 8. The Labute approximate surface area is 229 Å². The second kappa shape index (κ2) is 11.9. The summed E-state index contributed by atoms with van der Waals surface area (Å²) in [6.07, 6.45) is 4.72. The van der Waals surface area contributed by atoms with E-state index in [2.05, 4.69) is 43.8 Å². The first-order valence-electron chi connectivity index (χ1n) is 12.5. The van der Waals surface area contributed by atoms with Crippen molar-refractivity contribution >= 4 is 35.0 Å². The van der Waals surface area contributed by atoms with Gasteiger partial charge in [-0.3, -0.25) is 19.1 Å². The summed E-state index contributed by atoms with van der Waals surface area (Å²) in [5, 5.41) is 12.4. The van der Waals surface area contributed by atoms with Crippen molar-refractivity contribution in [2.75, 3.05) is 19.7 Å². The highest BCUT2D eigenvalue weighted by Crippen LogP contribution is 2.31. The van der Waals surface area contributed by atoms with Gasteiger partial charge in [0.25, 0.3) is 5.91 Å². The molecule has 1 aliphatic rings. The smallest absolute Gasteiger partial charge is 0.309 e. The van der Waals surface area contributed by atoms with E-state index in [0.29, 0.717) is 44.0 Å². The summed E-state index contributed by atoms with van der Waals surface area (Å²) in [6.45, 7) is 5.31. The molecular formula is C27H28N6O3S2. The summed E-state index contributed by atoms with van der Waals surface area (Å²) in [4.78, 5) is 35.6. The van der Waals surface area contributed by atoms with Gasteiger partial charge in [0.2, 0.25) is 0 Å². The Morgan fingerprint density at radius 1 is 1.11 bits per heavy atom. The van der Waals surface area contributed by atoms with E-state index in [0.717, 1.165) is 32.8 Å². The average Bonchev–Trinajstić information content (AvgIpc) is 3.60. The normalized spacial score (nSPS) is 14.0. The van der Waals surface area contributed by atoms with Crippen LogP contribution in [0.3, 0.4) is 0 Å². The lowest BCUT2D eigenvalue weighted by atomic mass is 9.97. The molecule has 0 aliphatic carbocycles. The lowest BCUT2D eigenvalue weighted by Gasteiger charge is -2.30. The fourth-order valence-electron chi connectivity index (χ4n) is 4.42. The predicted molar refractivity (Wildman–Crippen MR) is 146 cm³/mol. The standard InChI is InChI=1S/C27H28N6O3S2/c1-3-36-26(35)20-10-14-32(15-11-20)25(34)21-16-37-23(29-21)17-38-27-31-30-24(19-8-12-28-13-9-19)33(27)22-7-5-4-6-18(22)2/h4-9,12-13,16,20H,3,10-11,14-15,17H2,1-2H3. The predicted octanol–water partition coefficient (Wildman–Crippen LogP) is 4.80. The Hall–Kier alpha value is -3.57. The maximum atomic E-state index is 13.0. The number of para-hydroxylation sites is 1. The molecule has 4 aromatic rings. The molecule has 1 aliphatic heterocycles. The van der Waals surface area contributed by atoms with E-state index in [4.69, 9.17) is 4.74 Å². The van der Waals surface area contributed by atoms with E-state index in [1.54, 1.807) is 24.2 Å². The molecule has 11 heteroatoms. The molecule has 0 saturated carbocycles. The molecule has 196 valence electrons. The molecule has 1 saturated heterocycles. The number of aromatic nitrogens is 5. The largest absolute Gasteiger partial charge is 0.466 e. The summed E-state index contributed by atoms with van der Waals surface area (Å²) in [5.74, 6) is 0.902. The van der Waals surface area contributed by atoms with E-state index in [-0.39, 0.29) is 17.8 Å². The van der Waals surface area contributed by atoms with Crippen molar-refractivity contribution in [3.8, 4) is 17.1 Å². The van der Waals surface area contributed by atoms with Gasteiger partial charge in [0, 0.05) is 36.4 Å².